The van der Waals surface area contributed by atoms with Crippen LogP contribution >= 0.6 is 15.9 Å². The highest BCUT2D eigenvalue weighted by Crippen LogP contribution is 2.27. The third kappa shape index (κ3) is 5.61. The van der Waals surface area contributed by atoms with Gasteiger partial charge in [-0.15, -0.1) is 0 Å². The third-order valence-electron chi connectivity index (χ3n) is 4.41. The summed E-state index contributed by atoms with van der Waals surface area (Å²) in [6.45, 7) is 4.02. The summed E-state index contributed by atoms with van der Waals surface area (Å²) in [5.74, 6) is 0.495. The number of rotatable bonds is 6. The monoisotopic (exact) mass is 461 g/mol. The number of ether oxygens (including phenoxy) is 2. The Morgan fingerprint density at radius 3 is 2.72 bits per heavy atom. The normalized spacial score (nSPS) is 14.2. The minimum atomic E-state index is -0.430. The van der Waals surface area contributed by atoms with Crippen molar-refractivity contribution in [1.82, 2.24) is 4.90 Å². The molecule has 1 amide bonds. The van der Waals surface area contributed by atoms with Gasteiger partial charge in [-0.05, 0) is 58.2 Å². The van der Waals surface area contributed by atoms with Crippen LogP contribution < -0.4 is 4.74 Å². The number of aliphatic imine (C=N–C) groups is 1. The van der Waals surface area contributed by atoms with E-state index in [0.29, 0.717) is 42.2 Å². The fourth-order valence-corrected chi connectivity index (χ4v) is 3.31. The molecule has 0 N–H and O–H groups in total. The summed E-state index contributed by atoms with van der Waals surface area (Å²) in [5, 5.41) is 10.8. The number of non-ortho nitro benzene ring substituents is 1. The summed E-state index contributed by atoms with van der Waals surface area (Å²) in [7, 11) is 0. The van der Waals surface area contributed by atoms with Crippen LogP contribution in [0.3, 0.4) is 0 Å². The first-order chi connectivity index (χ1) is 13.9. The molecular formula is C20H20BrN3O5. The molecule has 152 valence electrons. The number of hydrogen-bond acceptors (Lipinski definition) is 6. The molecule has 1 aliphatic rings. The van der Waals surface area contributed by atoms with Gasteiger partial charge < -0.3 is 14.4 Å². The number of carbonyl (C=O) groups is 1. The van der Waals surface area contributed by atoms with Crippen LogP contribution in [-0.4, -0.2) is 54.9 Å². The Morgan fingerprint density at radius 2 is 2.07 bits per heavy atom. The van der Waals surface area contributed by atoms with Crippen LogP contribution in [0.1, 0.15) is 11.1 Å². The van der Waals surface area contributed by atoms with Crippen LogP contribution in [0.15, 0.2) is 45.9 Å². The first-order valence-corrected chi connectivity index (χ1v) is 9.80. The standard InChI is InChI=1S/C20H20BrN3O5/c1-14-10-16(24(26)27)3-4-18(14)22-12-15-2-5-19(17(21)11-15)29-13-20(25)23-6-8-28-9-7-23/h2-5,10-12H,6-9,13H2,1H3. The van der Waals surface area contributed by atoms with Crippen molar-refractivity contribution in [3.05, 3.63) is 62.1 Å². The Morgan fingerprint density at radius 1 is 1.31 bits per heavy atom. The van der Waals surface area contributed by atoms with E-state index in [1.54, 1.807) is 30.2 Å². The molecule has 8 nitrogen and oxygen atoms in total. The summed E-state index contributed by atoms with van der Waals surface area (Å²) in [6.07, 6.45) is 1.67. The predicted molar refractivity (Wildman–Crippen MR) is 112 cm³/mol. The number of nitro benzene ring substituents is 1. The number of morpholine rings is 1. The maximum atomic E-state index is 12.2. The van der Waals surface area contributed by atoms with E-state index in [2.05, 4.69) is 20.9 Å². The molecule has 1 fully saturated rings. The Kier molecular flexibility index (Phi) is 6.95. The molecule has 3 rings (SSSR count). The van der Waals surface area contributed by atoms with Crippen molar-refractivity contribution in [2.24, 2.45) is 4.99 Å². The molecule has 1 aliphatic heterocycles. The molecule has 2 aromatic carbocycles. The van der Waals surface area contributed by atoms with Gasteiger partial charge in [0.2, 0.25) is 0 Å². The first kappa shape index (κ1) is 20.9. The zero-order valence-corrected chi connectivity index (χ0v) is 17.4. The van der Waals surface area contributed by atoms with Gasteiger partial charge in [-0.1, -0.05) is 0 Å². The average molecular weight is 462 g/mol. The van der Waals surface area contributed by atoms with E-state index < -0.39 is 4.92 Å². The lowest BCUT2D eigenvalue weighted by Gasteiger charge is -2.26. The van der Waals surface area contributed by atoms with Crippen LogP contribution in [0.4, 0.5) is 11.4 Å². The van der Waals surface area contributed by atoms with Crippen molar-refractivity contribution in [2.45, 2.75) is 6.92 Å². The van der Waals surface area contributed by atoms with E-state index >= 15 is 0 Å². The van der Waals surface area contributed by atoms with Crippen LogP contribution in [0.5, 0.6) is 5.75 Å². The maximum Gasteiger partial charge on any atom is 0.269 e. The Labute approximate surface area is 176 Å². The Balaban J connectivity index is 1.62. The van der Waals surface area contributed by atoms with E-state index in [-0.39, 0.29) is 18.2 Å². The zero-order chi connectivity index (χ0) is 20.8. The van der Waals surface area contributed by atoms with Crippen molar-refractivity contribution in [3.63, 3.8) is 0 Å². The number of aryl methyl sites for hydroxylation is 1. The molecule has 0 spiro atoms. The highest BCUT2D eigenvalue weighted by atomic mass is 79.9. The van der Waals surface area contributed by atoms with Gasteiger partial charge in [0.25, 0.3) is 11.6 Å². The molecule has 9 heteroatoms. The van der Waals surface area contributed by atoms with Crippen LogP contribution in [0.25, 0.3) is 0 Å². The van der Waals surface area contributed by atoms with Crippen molar-refractivity contribution in [2.75, 3.05) is 32.9 Å². The minimum absolute atomic E-state index is 0.0337. The van der Waals surface area contributed by atoms with Gasteiger partial charge in [-0.2, -0.15) is 0 Å². The Bertz CT molecular complexity index is 942. The van der Waals surface area contributed by atoms with E-state index in [9.17, 15) is 14.9 Å². The summed E-state index contributed by atoms with van der Waals surface area (Å²) < 4.78 is 11.6. The van der Waals surface area contributed by atoms with E-state index in [1.807, 2.05) is 12.1 Å². The largest absolute Gasteiger partial charge is 0.483 e. The quantitative estimate of drug-likeness (QED) is 0.371. The number of amides is 1. The average Bonchev–Trinajstić information content (AvgIpc) is 2.72. The molecule has 0 aliphatic carbocycles. The van der Waals surface area contributed by atoms with Crippen LogP contribution in [0.2, 0.25) is 0 Å². The molecule has 0 radical (unpaired) electrons. The molecular weight excluding hydrogens is 442 g/mol. The second-order valence-corrected chi connectivity index (χ2v) is 7.31. The molecule has 0 bridgehead atoms. The number of hydrogen-bond donors (Lipinski definition) is 0. The number of nitro groups is 1. The summed E-state index contributed by atoms with van der Waals surface area (Å²) >= 11 is 3.45. The summed E-state index contributed by atoms with van der Waals surface area (Å²) in [5.41, 5.74) is 2.23. The Hall–Kier alpha value is -2.78. The van der Waals surface area contributed by atoms with Gasteiger partial charge in [0.1, 0.15) is 5.75 Å². The van der Waals surface area contributed by atoms with Crippen molar-refractivity contribution in [3.8, 4) is 5.75 Å². The second kappa shape index (κ2) is 9.62. The minimum Gasteiger partial charge on any atom is -0.483 e. The first-order valence-electron chi connectivity index (χ1n) is 9.01. The molecule has 0 unspecified atom stereocenters. The van der Waals surface area contributed by atoms with Gasteiger partial charge in [0, 0.05) is 31.4 Å². The second-order valence-electron chi connectivity index (χ2n) is 6.46. The molecule has 1 saturated heterocycles. The van der Waals surface area contributed by atoms with Crippen LogP contribution in [-0.2, 0) is 9.53 Å². The van der Waals surface area contributed by atoms with Gasteiger partial charge >= 0.3 is 0 Å². The SMILES string of the molecule is Cc1cc([N+](=O)[O-])ccc1N=Cc1ccc(OCC(=O)N2CCOCC2)c(Br)c1. The molecule has 2 aromatic rings. The summed E-state index contributed by atoms with van der Waals surface area (Å²) in [6, 6.07) is 9.96. The van der Waals surface area contributed by atoms with Gasteiger partial charge in [0.05, 0.1) is 28.3 Å². The topological polar surface area (TPSA) is 94.3 Å². The van der Waals surface area contributed by atoms with E-state index in [0.717, 1.165) is 11.1 Å². The lowest BCUT2D eigenvalue weighted by Crippen LogP contribution is -2.43. The molecule has 1 heterocycles. The third-order valence-corrected chi connectivity index (χ3v) is 5.03. The fourth-order valence-electron chi connectivity index (χ4n) is 2.80. The number of carbonyl (C=O) groups excluding carboxylic acids is 1. The molecule has 0 atom stereocenters. The highest BCUT2D eigenvalue weighted by molar-refractivity contribution is 9.10. The summed E-state index contributed by atoms with van der Waals surface area (Å²) in [4.78, 5) is 28.7. The van der Waals surface area contributed by atoms with Crippen molar-refractivity contribution >= 4 is 39.4 Å². The number of halogens is 1. The van der Waals surface area contributed by atoms with E-state index in [4.69, 9.17) is 9.47 Å². The molecule has 0 aromatic heterocycles. The van der Waals surface area contributed by atoms with Crippen LogP contribution in [0, 0.1) is 17.0 Å². The zero-order valence-electron chi connectivity index (χ0n) is 15.8. The molecule has 29 heavy (non-hydrogen) atoms. The smallest absolute Gasteiger partial charge is 0.269 e. The lowest BCUT2D eigenvalue weighted by atomic mass is 10.2. The fraction of sp³-hybridized carbons (Fsp3) is 0.300. The van der Waals surface area contributed by atoms with Crippen molar-refractivity contribution in [1.29, 1.82) is 0 Å². The number of benzene rings is 2. The molecule has 0 saturated carbocycles. The predicted octanol–water partition coefficient (Wildman–Crippen LogP) is 3.65. The highest BCUT2D eigenvalue weighted by Gasteiger charge is 2.17. The number of nitrogens with zero attached hydrogens (tertiary/aromatic N) is 3. The van der Waals surface area contributed by atoms with Gasteiger partial charge in [-0.3, -0.25) is 19.9 Å². The maximum absolute atomic E-state index is 12.2. The van der Waals surface area contributed by atoms with Gasteiger partial charge in [0.15, 0.2) is 6.61 Å². The lowest BCUT2D eigenvalue weighted by molar-refractivity contribution is -0.384. The van der Waals surface area contributed by atoms with Crippen molar-refractivity contribution < 1.29 is 19.2 Å². The van der Waals surface area contributed by atoms with Gasteiger partial charge in [-0.25, -0.2) is 0 Å². The van der Waals surface area contributed by atoms with E-state index in [1.165, 1.54) is 12.1 Å².